The van der Waals surface area contributed by atoms with Crippen LogP contribution in [0.3, 0.4) is 0 Å². The van der Waals surface area contributed by atoms with E-state index >= 15 is 0 Å². The number of carbonyl (C=O) groups is 2. The molecule has 1 aliphatic rings. The molecular weight excluding hydrogens is 246 g/mol. The Morgan fingerprint density at radius 3 is 2.47 bits per heavy atom. The zero-order valence-corrected chi connectivity index (χ0v) is 11.9. The van der Waals surface area contributed by atoms with Gasteiger partial charge >= 0.3 is 12.0 Å². The molecule has 0 unspecified atom stereocenters. The van der Waals surface area contributed by atoms with E-state index in [4.69, 9.17) is 5.11 Å². The Labute approximate surface area is 114 Å². The molecule has 0 heterocycles. The molecule has 110 valence electrons. The fraction of sp³-hybridized carbons (Fsp3) is 0.846. The van der Waals surface area contributed by atoms with E-state index in [1.807, 2.05) is 0 Å². The van der Waals surface area contributed by atoms with Gasteiger partial charge in [-0.15, -0.1) is 0 Å². The minimum atomic E-state index is -0.986. The molecule has 1 rings (SSSR count). The van der Waals surface area contributed by atoms with E-state index in [0.29, 0.717) is 19.1 Å². The van der Waals surface area contributed by atoms with Crippen LogP contribution in [0.5, 0.6) is 0 Å². The van der Waals surface area contributed by atoms with Gasteiger partial charge in [0.15, 0.2) is 0 Å². The second-order valence-corrected chi connectivity index (χ2v) is 5.06. The van der Waals surface area contributed by atoms with Crippen molar-refractivity contribution in [1.82, 2.24) is 15.1 Å². The zero-order valence-electron chi connectivity index (χ0n) is 11.9. The predicted octanol–water partition coefficient (Wildman–Crippen LogP) is 0.977. The maximum atomic E-state index is 11.7. The lowest BCUT2D eigenvalue weighted by Gasteiger charge is -2.25. The van der Waals surface area contributed by atoms with E-state index in [0.717, 1.165) is 6.54 Å². The van der Waals surface area contributed by atoms with Crippen molar-refractivity contribution in [2.75, 3.05) is 33.2 Å². The third-order valence-corrected chi connectivity index (χ3v) is 3.68. The molecule has 0 atom stereocenters. The number of likely N-dealkylation sites (N-methyl/N-ethyl adjacent to an activating group) is 2. The zero-order chi connectivity index (χ0) is 14.3. The lowest BCUT2D eigenvalue weighted by molar-refractivity contribution is -0.137. The summed E-state index contributed by atoms with van der Waals surface area (Å²) < 4.78 is 0. The lowest BCUT2D eigenvalue weighted by atomic mass is 10.2. The molecule has 0 aromatic rings. The van der Waals surface area contributed by atoms with Crippen LogP contribution >= 0.6 is 0 Å². The van der Waals surface area contributed by atoms with Crippen LogP contribution in [-0.4, -0.2) is 66.2 Å². The van der Waals surface area contributed by atoms with Crippen LogP contribution in [-0.2, 0) is 4.79 Å². The van der Waals surface area contributed by atoms with E-state index in [1.54, 1.807) is 6.92 Å². The van der Waals surface area contributed by atoms with Gasteiger partial charge in [0, 0.05) is 25.7 Å². The van der Waals surface area contributed by atoms with Crippen LogP contribution in [0.1, 0.15) is 32.6 Å². The van der Waals surface area contributed by atoms with Crippen molar-refractivity contribution < 1.29 is 14.7 Å². The summed E-state index contributed by atoms with van der Waals surface area (Å²) in [5.41, 5.74) is 0. The molecule has 6 nitrogen and oxygen atoms in total. The summed E-state index contributed by atoms with van der Waals surface area (Å²) in [5.74, 6) is -0.986. The molecule has 1 aliphatic carbocycles. The van der Waals surface area contributed by atoms with Gasteiger partial charge in [0.25, 0.3) is 0 Å². The number of urea groups is 1. The number of carbonyl (C=O) groups excluding carboxylic acids is 1. The van der Waals surface area contributed by atoms with Crippen LogP contribution in [0.4, 0.5) is 4.79 Å². The molecule has 1 fully saturated rings. The van der Waals surface area contributed by atoms with Crippen molar-refractivity contribution in [3.8, 4) is 0 Å². The summed E-state index contributed by atoms with van der Waals surface area (Å²) in [6, 6.07) is 0.336. The molecule has 2 N–H and O–H groups in total. The van der Waals surface area contributed by atoms with Gasteiger partial charge < -0.3 is 20.2 Å². The quantitative estimate of drug-likeness (QED) is 0.724. The van der Waals surface area contributed by atoms with E-state index in [1.165, 1.54) is 30.6 Å². The third kappa shape index (κ3) is 5.46. The van der Waals surface area contributed by atoms with Crippen LogP contribution in [0.25, 0.3) is 0 Å². The summed E-state index contributed by atoms with van der Waals surface area (Å²) >= 11 is 0. The summed E-state index contributed by atoms with van der Waals surface area (Å²) in [5, 5.41) is 11.5. The Hall–Kier alpha value is -1.30. The molecule has 0 radical (unpaired) electrons. The first-order chi connectivity index (χ1) is 9.04. The van der Waals surface area contributed by atoms with Crippen LogP contribution < -0.4 is 5.32 Å². The normalized spacial score (nSPS) is 15.7. The number of aliphatic carboxylic acids is 1. The summed E-state index contributed by atoms with van der Waals surface area (Å²) in [6.07, 6.45) is 5.07. The Morgan fingerprint density at radius 2 is 1.95 bits per heavy atom. The topological polar surface area (TPSA) is 72.9 Å². The first-order valence-electron chi connectivity index (χ1n) is 6.99. The van der Waals surface area contributed by atoms with Gasteiger partial charge in [0.1, 0.15) is 6.54 Å². The molecule has 0 saturated heterocycles. The molecule has 0 aromatic heterocycles. The van der Waals surface area contributed by atoms with Crippen LogP contribution in [0, 0.1) is 0 Å². The van der Waals surface area contributed by atoms with Gasteiger partial charge in [0.05, 0.1) is 0 Å². The monoisotopic (exact) mass is 271 g/mol. The highest BCUT2D eigenvalue weighted by Crippen LogP contribution is 2.21. The predicted molar refractivity (Wildman–Crippen MR) is 73.2 cm³/mol. The van der Waals surface area contributed by atoms with Gasteiger partial charge in [-0.2, -0.15) is 0 Å². The molecule has 2 amide bonds. The molecule has 0 bridgehead atoms. The smallest absolute Gasteiger partial charge is 0.323 e. The fourth-order valence-corrected chi connectivity index (χ4v) is 2.47. The molecule has 6 heteroatoms. The number of hydrogen-bond donors (Lipinski definition) is 2. The van der Waals surface area contributed by atoms with Crippen molar-refractivity contribution in [2.45, 2.75) is 38.6 Å². The Balaban J connectivity index is 2.23. The molecule has 0 aromatic carbocycles. The Bertz CT molecular complexity index is 304. The fourth-order valence-electron chi connectivity index (χ4n) is 2.47. The summed E-state index contributed by atoms with van der Waals surface area (Å²) in [6.45, 7) is 3.29. The highest BCUT2D eigenvalue weighted by atomic mass is 16.4. The minimum absolute atomic E-state index is 0.249. The van der Waals surface area contributed by atoms with E-state index in [9.17, 15) is 9.59 Å². The second kappa shape index (κ2) is 7.99. The van der Waals surface area contributed by atoms with Crippen molar-refractivity contribution in [3.05, 3.63) is 0 Å². The molecular formula is C13H25N3O3. The first kappa shape index (κ1) is 15.8. The lowest BCUT2D eigenvalue weighted by Crippen LogP contribution is -2.45. The number of nitrogens with one attached hydrogen (secondary N) is 1. The van der Waals surface area contributed by atoms with Crippen LogP contribution in [0.2, 0.25) is 0 Å². The average molecular weight is 271 g/mol. The molecule has 1 saturated carbocycles. The van der Waals surface area contributed by atoms with Crippen molar-refractivity contribution >= 4 is 12.0 Å². The summed E-state index contributed by atoms with van der Waals surface area (Å²) in [7, 11) is 2.08. The van der Waals surface area contributed by atoms with Crippen molar-refractivity contribution in [3.63, 3.8) is 0 Å². The minimum Gasteiger partial charge on any atom is -0.480 e. The highest BCUT2D eigenvalue weighted by Gasteiger charge is 2.19. The first-order valence-corrected chi connectivity index (χ1v) is 6.99. The average Bonchev–Trinajstić information content (AvgIpc) is 2.89. The molecule has 0 aliphatic heterocycles. The number of carboxylic acids is 1. The maximum absolute atomic E-state index is 11.7. The number of nitrogens with zero attached hydrogens (tertiary/aromatic N) is 2. The summed E-state index contributed by atoms with van der Waals surface area (Å²) in [4.78, 5) is 25.9. The van der Waals surface area contributed by atoms with Gasteiger partial charge in [-0.1, -0.05) is 12.8 Å². The van der Waals surface area contributed by atoms with Gasteiger partial charge in [-0.25, -0.2) is 4.79 Å². The molecule has 19 heavy (non-hydrogen) atoms. The highest BCUT2D eigenvalue weighted by molar-refractivity contribution is 5.79. The largest absolute Gasteiger partial charge is 0.480 e. The molecule has 0 spiro atoms. The van der Waals surface area contributed by atoms with Crippen LogP contribution in [0.15, 0.2) is 0 Å². The Morgan fingerprint density at radius 1 is 1.32 bits per heavy atom. The van der Waals surface area contributed by atoms with Crippen molar-refractivity contribution in [1.29, 1.82) is 0 Å². The maximum Gasteiger partial charge on any atom is 0.323 e. The third-order valence-electron chi connectivity index (χ3n) is 3.68. The number of carboxylic acid groups (broad SMARTS) is 1. The van der Waals surface area contributed by atoms with Gasteiger partial charge in [-0.05, 0) is 26.8 Å². The number of amides is 2. The van der Waals surface area contributed by atoms with E-state index < -0.39 is 5.97 Å². The van der Waals surface area contributed by atoms with E-state index in [2.05, 4.69) is 17.3 Å². The van der Waals surface area contributed by atoms with E-state index in [-0.39, 0.29) is 12.6 Å². The number of hydrogen-bond acceptors (Lipinski definition) is 3. The number of rotatable bonds is 7. The second-order valence-electron chi connectivity index (χ2n) is 5.06. The Kier molecular flexibility index (Phi) is 6.62. The van der Waals surface area contributed by atoms with Gasteiger partial charge in [-0.3, -0.25) is 4.79 Å². The van der Waals surface area contributed by atoms with Crippen molar-refractivity contribution in [2.24, 2.45) is 0 Å². The standard InChI is InChI=1S/C13H25N3O3/c1-3-16(10-12(17)18)13(19)14-8-9-15(2)11-6-4-5-7-11/h11H,3-10H2,1-2H3,(H,14,19)(H,17,18). The SMILES string of the molecule is CCN(CC(=O)O)C(=O)NCCN(C)C1CCCC1. The van der Waals surface area contributed by atoms with Gasteiger partial charge in [0.2, 0.25) is 0 Å².